The van der Waals surface area contributed by atoms with Crippen molar-refractivity contribution in [3.8, 4) is 0 Å². The SMILES string of the molecule is Cc1cccc(C(=O)N2CCCC(C(=O)Nc3cccc(C)c3C)C2)c1. The smallest absolute Gasteiger partial charge is 0.253 e. The molecule has 4 nitrogen and oxygen atoms in total. The molecular weight excluding hydrogens is 324 g/mol. The second-order valence-electron chi connectivity index (χ2n) is 7.20. The van der Waals surface area contributed by atoms with Gasteiger partial charge in [-0.3, -0.25) is 9.59 Å². The van der Waals surface area contributed by atoms with Crippen molar-refractivity contribution < 1.29 is 9.59 Å². The Morgan fingerprint density at radius 1 is 1.08 bits per heavy atom. The predicted octanol–water partition coefficient (Wildman–Crippen LogP) is 4.10. The Hall–Kier alpha value is -2.62. The van der Waals surface area contributed by atoms with Crippen LogP contribution in [0.25, 0.3) is 0 Å². The fourth-order valence-electron chi connectivity index (χ4n) is 3.46. The maximum Gasteiger partial charge on any atom is 0.253 e. The highest BCUT2D eigenvalue weighted by atomic mass is 16.2. The maximum absolute atomic E-state index is 12.8. The van der Waals surface area contributed by atoms with Crippen molar-refractivity contribution in [2.75, 3.05) is 18.4 Å². The summed E-state index contributed by atoms with van der Waals surface area (Å²) in [4.78, 5) is 27.3. The standard InChI is InChI=1S/C22H26N2O2/c1-15-7-4-9-18(13-15)22(26)24-12-6-10-19(14-24)21(25)23-20-11-5-8-16(2)17(20)3/h4-5,7-9,11,13,19H,6,10,12,14H2,1-3H3,(H,23,25). The molecule has 0 bridgehead atoms. The van der Waals surface area contributed by atoms with Gasteiger partial charge in [0.2, 0.25) is 5.91 Å². The van der Waals surface area contributed by atoms with Crippen LogP contribution in [0.5, 0.6) is 0 Å². The number of nitrogens with zero attached hydrogens (tertiary/aromatic N) is 1. The summed E-state index contributed by atoms with van der Waals surface area (Å²) < 4.78 is 0. The highest BCUT2D eigenvalue weighted by Crippen LogP contribution is 2.23. The Morgan fingerprint density at radius 2 is 1.85 bits per heavy atom. The summed E-state index contributed by atoms with van der Waals surface area (Å²) in [6.45, 7) is 7.21. The number of carbonyl (C=O) groups excluding carboxylic acids is 2. The van der Waals surface area contributed by atoms with Gasteiger partial charge in [-0.25, -0.2) is 0 Å². The van der Waals surface area contributed by atoms with Crippen LogP contribution in [0.2, 0.25) is 0 Å². The van der Waals surface area contributed by atoms with E-state index in [1.165, 1.54) is 0 Å². The van der Waals surface area contributed by atoms with Crippen molar-refractivity contribution in [3.63, 3.8) is 0 Å². The summed E-state index contributed by atoms with van der Waals surface area (Å²) in [5.41, 5.74) is 4.86. The molecule has 1 heterocycles. The molecule has 3 rings (SSSR count). The molecule has 2 amide bonds. The summed E-state index contributed by atoms with van der Waals surface area (Å²) >= 11 is 0. The summed E-state index contributed by atoms with van der Waals surface area (Å²) in [7, 11) is 0. The second-order valence-corrected chi connectivity index (χ2v) is 7.20. The Labute approximate surface area is 155 Å². The Kier molecular flexibility index (Phi) is 5.40. The highest BCUT2D eigenvalue weighted by Gasteiger charge is 2.29. The van der Waals surface area contributed by atoms with Gasteiger partial charge in [0.1, 0.15) is 0 Å². The van der Waals surface area contributed by atoms with Crippen LogP contribution in [0.15, 0.2) is 42.5 Å². The molecule has 1 aliphatic heterocycles. The van der Waals surface area contributed by atoms with Gasteiger partial charge in [-0.15, -0.1) is 0 Å². The molecule has 1 unspecified atom stereocenters. The number of hydrogen-bond acceptors (Lipinski definition) is 2. The first-order chi connectivity index (χ1) is 12.5. The van der Waals surface area contributed by atoms with Crippen molar-refractivity contribution >= 4 is 17.5 Å². The first-order valence-electron chi connectivity index (χ1n) is 9.18. The van der Waals surface area contributed by atoms with E-state index in [9.17, 15) is 9.59 Å². The quantitative estimate of drug-likeness (QED) is 0.906. The lowest BCUT2D eigenvalue weighted by atomic mass is 9.96. The second kappa shape index (κ2) is 7.73. The molecule has 136 valence electrons. The number of anilines is 1. The molecule has 0 saturated carbocycles. The third-order valence-corrected chi connectivity index (χ3v) is 5.21. The molecule has 0 aromatic heterocycles. The van der Waals surface area contributed by atoms with Crippen LogP contribution in [0.3, 0.4) is 0 Å². The van der Waals surface area contributed by atoms with Crippen molar-refractivity contribution in [3.05, 3.63) is 64.7 Å². The summed E-state index contributed by atoms with van der Waals surface area (Å²) in [5.74, 6) is -0.157. The zero-order valence-electron chi connectivity index (χ0n) is 15.7. The average molecular weight is 350 g/mol. The molecule has 1 saturated heterocycles. The number of hydrogen-bond donors (Lipinski definition) is 1. The lowest BCUT2D eigenvalue weighted by Crippen LogP contribution is -2.43. The minimum Gasteiger partial charge on any atom is -0.338 e. The first-order valence-corrected chi connectivity index (χ1v) is 9.18. The molecule has 0 aliphatic carbocycles. The van der Waals surface area contributed by atoms with Gasteiger partial charge >= 0.3 is 0 Å². The van der Waals surface area contributed by atoms with Crippen LogP contribution in [-0.2, 0) is 4.79 Å². The topological polar surface area (TPSA) is 49.4 Å². The minimum absolute atomic E-state index is 0.000409. The van der Waals surface area contributed by atoms with E-state index >= 15 is 0 Å². The monoisotopic (exact) mass is 350 g/mol. The number of piperidine rings is 1. The lowest BCUT2D eigenvalue weighted by molar-refractivity contribution is -0.121. The van der Waals surface area contributed by atoms with E-state index in [1.54, 1.807) is 0 Å². The largest absolute Gasteiger partial charge is 0.338 e. The van der Waals surface area contributed by atoms with Crippen molar-refractivity contribution in [1.82, 2.24) is 4.90 Å². The summed E-state index contributed by atoms with van der Waals surface area (Å²) in [5, 5.41) is 3.05. The third-order valence-electron chi connectivity index (χ3n) is 5.21. The van der Waals surface area contributed by atoms with Crippen LogP contribution in [0.4, 0.5) is 5.69 Å². The Bertz CT molecular complexity index is 829. The van der Waals surface area contributed by atoms with Crippen molar-refractivity contribution in [2.45, 2.75) is 33.6 Å². The molecule has 2 aromatic rings. The van der Waals surface area contributed by atoms with E-state index < -0.39 is 0 Å². The Balaban J connectivity index is 1.69. The third kappa shape index (κ3) is 3.96. The number of amides is 2. The fourth-order valence-corrected chi connectivity index (χ4v) is 3.46. The van der Waals surface area contributed by atoms with Crippen LogP contribution >= 0.6 is 0 Å². The van der Waals surface area contributed by atoms with Gasteiger partial charge in [-0.1, -0.05) is 29.8 Å². The summed E-state index contributed by atoms with van der Waals surface area (Å²) in [6, 6.07) is 13.5. The molecular formula is C22H26N2O2. The van der Waals surface area contributed by atoms with Gasteiger partial charge in [-0.2, -0.15) is 0 Å². The van der Waals surface area contributed by atoms with Gasteiger partial charge in [-0.05, 0) is 62.9 Å². The van der Waals surface area contributed by atoms with Crippen LogP contribution in [0.1, 0.15) is 39.9 Å². The molecule has 1 atom stereocenters. The van der Waals surface area contributed by atoms with Crippen molar-refractivity contribution in [1.29, 1.82) is 0 Å². The van der Waals surface area contributed by atoms with Gasteiger partial charge in [0, 0.05) is 24.3 Å². The van der Waals surface area contributed by atoms with E-state index in [-0.39, 0.29) is 17.7 Å². The number of benzene rings is 2. The van der Waals surface area contributed by atoms with E-state index in [1.807, 2.05) is 68.1 Å². The fraction of sp³-hybridized carbons (Fsp3) is 0.364. The van der Waals surface area contributed by atoms with E-state index in [4.69, 9.17) is 0 Å². The number of nitrogens with one attached hydrogen (secondary N) is 1. The number of aryl methyl sites for hydroxylation is 2. The van der Waals surface area contributed by atoms with E-state index in [2.05, 4.69) is 5.32 Å². The number of likely N-dealkylation sites (tertiary alicyclic amines) is 1. The van der Waals surface area contributed by atoms with E-state index in [0.29, 0.717) is 18.7 Å². The van der Waals surface area contributed by atoms with Gasteiger partial charge in [0.05, 0.1) is 5.92 Å². The normalized spacial score (nSPS) is 17.0. The molecule has 1 fully saturated rings. The van der Waals surface area contributed by atoms with Crippen LogP contribution in [-0.4, -0.2) is 29.8 Å². The molecule has 1 N–H and O–H groups in total. The van der Waals surface area contributed by atoms with Crippen LogP contribution in [0, 0.1) is 26.7 Å². The van der Waals surface area contributed by atoms with Gasteiger partial charge < -0.3 is 10.2 Å². The van der Waals surface area contributed by atoms with Crippen molar-refractivity contribution in [2.24, 2.45) is 5.92 Å². The summed E-state index contributed by atoms with van der Waals surface area (Å²) in [6.07, 6.45) is 1.66. The molecule has 0 spiro atoms. The zero-order valence-corrected chi connectivity index (χ0v) is 15.7. The van der Waals surface area contributed by atoms with Gasteiger partial charge in [0.15, 0.2) is 0 Å². The lowest BCUT2D eigenvalue weighted by Gasteiger charge is -2.32. The number of carbonyl (C=O) groups is 2. The first kappa shape index (κ1) is 18.2. The Morgan fingerprint density at radius 3 is 2.62 bits per heavy atom. The predicted molar refractivity (Wildman–Crippen MR) is 104 cm³/mol. The molecule has 4 heteroatoms. The molecule has 1 aliphatic rings. The van der Waals surface area contributed by atoms with Gasteiger partial charge in [0.25, 0.3) is 5.91 Å². The minimum atomic E-state index is -0.169. The molecule has 0 radical (unpaired) electrons. The van der Waals surface area contributed by atoms with E-state index in [0.717, 1.165) is 35.2 Å². The molecule has 26 heavy (non-hydrogen) atoms. The zero-order chi connectivity index (χ0) is 18.7. The average Bonchev–Trinajstić information content (AvgIpc) is 2.65. The maximum atomic E-state index is 12.8. The highest BCUT2D eigenvalue weighted by molar-refractivity contribution is 5.96. The number of rotatable bonds is 3. The van der Waals surface area contributed by atoms with Crippen LogP contribution < -0.4 is 5.32 Å². The molecule has 2 aromatic carbocycles.